The number of Topliss-reactive ketones (excluding diaryl/α,β-unsaturated/α-hetero) is 1. The molecule has 36 heavy (non-hydrogen) atoms. The summed E-state index contributed by atoms with van der Waals surface area (Å²) in [4.78, 5) is 50.9. The van der Waals surface area contributed by atoms with Gasteiger partial charge in [-0.25, -0.2) is 9.78 Å². The Kier molecular flexibility index (Phi) is 8.17. The van der Waals surface area contributed by atoms with E-state index in [9.17, 15) is 19.2 Å². The summed E-state index contributed by atoms with van der Waals surface area (Å²) in [6, 6.07) is 8.35. The molecule has 12 nitrogen and oxygen atoms in total. The van der Waals surface area contributed by atoms with E-state index in [4.69, 9.17) is 31.8 Å². The van der Waals surface area contributed by atoms with Crippen LogP contribution in [-0.4, -0.2) is 57.3 Å². The number of nitrogens with zero attached hydrogens (tertiary/aromatic N) is 1. The minimum Gasteiger partial charge on any atom is -0.491 e. The summed E-state index contributed by atoms with van der Waals surface area (Å²) >= 11 is 1.22. The molecule has 0 fully saturated rings. The molecule has 2 aromatic carbocycles. The van der Waals surface area contributed by atoms with Crippen LogP contribution in [0.4, 0.5) is 5.13 Å². The lowest BCUT2D eigenvalue weighted by Crippen LogP contribution is -2.39. The number of ether oxygens (including phenoxy) is 1. The number of rotatable bonds is 12. The molecule has 0 bridgehead atoms. The van der Waals surface area contributed by atoms with Gasteiger partial charge in [0, 0.05) is 29.5 Å². The fourth-order valence-corrected chi connectivity index (χ4v) is 4.06. The lowest BCUT2D eigenvalue weighted by Gasteiger charge is -2.20. The van der Waals surface area contributed by atoms with Crippen LogP contribution in [0.1, 0.15) is 34.3 Å². The molecule has 8 N–H and O–H groups in total. The molecular formula is C23H23N5O7S. The van der Waals surface area contributed by atoms with E-state index >= 15 is 0 Å². The normalized spacial score (nSPS) is 11.6. The first-order valence-electron chi connectivity index (χ1n) is 10.6. The van der Waals surface area contributed by atoms with Crippen LogP contribution >= 0.6 is 11.3 Å². The number of carbonyl (C=O) groups is 4. The van der Waals surface area contributed by atoms with Gasteiger partial charge in [0.25, 0.3) is 5.91 Å². The van der Waals surface area contributed by atoms with Crippen molar-refractivity contribution < 1.29 is 34.1 Å². The van der Waals surface area contributed by atoms with Gasteiger partial charge < -0.3 is 31.7 Å². The number of nitrogen functional groups attached to an aromatic ring is 2. The molecule has 0 radical (unpaired) electrons. The van der Waals surface area contributed by atoms with Crippen molar-refractivity contribution in [1.82, 2.24) is 10.3 Å². The molecular weight excluding hydrogens is 490 g/mol. The molecule has 3 rings (SSSR count). The van der Waals surface area contributed by atoms with E-state index in [-0.39, 0.29) is 42.2 Å². The maximum Gasteiger partial charge on any atom is 0.372 e. The summed E-state index contributed by atoms with van der Waals surface area (Å²) in [5, 5.41) is 28.8. The number of hydrogen-bond acceptors (Lipinski definition) is 9. The second-order valence-corrected chi connectivity index (χ2v) is 8.85. The molecule has 1 atom stereocenters. The van der Waals surface area contributed by atoms with Crippen molar-refractivity contribution in [3.63, 3.8) is 0 Å². The van der Waals surface area contributed by atoms with Crippen LogP contribution in [0, 0.1) is 5.41 Å². The van der Waals surface area contributed by atoms with Gasteiger partial charge in [-0.15, -0.1) is 0 Å². The highest BCUT2D eigenvalue weighted by molar-refractivity contribution is 7.22. The average molecular weight is 514 g/mol. The van der Waals surface area contributed by atoms with Crippen LogP contribution < -0.4 is 21.5 Å². The Balaban J connectivity index is 1.80. The molecule has 0 saturated heterocycles. The van der Waals surface area contributed by atoms with Crippen LogP contribution in [0.15, 0.2) is 36.4 Å². The lowest BCUT2D eigenvalue weighted by molar-refractivity contribution is -0.148. The third-order valence-electron chi connectivity index (χ3n) is 5.12. The summed E-state index contributed by atoms with van der Waals surface area (Å²) in [6.07, 6.45) is -0.684. The van der Waals surface area contributed by atoms with Gasteiger partial charge in [0.2, 0.25) is 5.78 Å². The number of aromatic nitrogens is 1. The number of carboxylic acids is 2. The van der Waals surface area contributed by atoms with Gasteiger partial charge in [-0.1, -0.05) is 23.5 Å². The Labute approximate surface area is 208 Å². The van der Waals surface area contributed by atoms with Gasteiger partial charge >= 0.3 is 11.9 Å². The zero-order valence-electron chi connectivity index (χ0n) is 18.8. The van der Waals surface area contributed by atoms with Gasteiger partial charge in [0.15, 0.2) is 5.13 Å². The first kappa shape index (κ1) is 26.1. The zero-order valence-corrected chi connectivity index (χ0v) is 19.6. The summed E-state index contributed by atoms with van der Waals surface area (Å²) in [5.41, 5.74) is 12.7. The second kappa shape index (κ2) is 11.3. The zero-order chi connectivity index (χ0) is 26.4. The molecule has 0 aliphatic rings. The third-order valence-corrected chi connectivity index (χ3v) is 5.96. The van der Waals surface area contributed by atoms with Crippen LogP contribution in [0.25, 0.3) is 10.2 Å². The van der Waals surface area contributed by atoms with Crippen molar-refractivity contribution in [2.75, 3.05) is 12.3 Å². The van der Waals surface area contributed by atoms with E-state index < -0.39 is 36.1 Å². The Morgan fingerprint density at radius 2 is 1.83 bits per heavy atom. The van der Waals surface area contributed by atoms with E-state index in [0.717, 1.165) is 0 Å². The van der Waals surface area contributed by atoms with Crippen molar-refractivity contribution in [2.45, 2.75) is 25.3 Å². The van der Waals surface area contributed by atoms with Crippen LogP contribution in [0.5, 0.6) is 5.75 Å². The number of amides is 1. The van der Waals surface area contributed by atoms with Crippen molar-refractivity contribution in [1.29, 1.82) is 5.41 Å². The fraction of sp³-hybridized carbons (Fsp3) is 0.217. The highest BCUT2D eigenvalue weighted by Crippen LogP contribution is 2.25. The van der Waals surface area contributed by atoms with Gasteiger partial charge in [-0.2, -0.15) is 0 Å². The highest BCUT2D eigenvalue weighted by Gasteiger charge is 2.20. The Hall–Kier alpha value is -4.52. The number of amidine groups is 1. The van der Waals surface area contributed by atoms with Gasteiger partial charge in [-0.05, 0) is 30.7 Å². The standard InChI is InChI=1S/C23H23N5O7S/c24-20(25)12-2-1-11(7-16(29)22(33)34)17(8-12)35-10-14(4-6-19(30)31)27-21(32)13-3-5-15-18(9-13)36-23(26)28-15/h1-3,5,8-9,14H,4,6-7,10H2,(H3,24,25)(H2,26,28)(H,27,32)(H,30,31)(H,33,34)/t14-/m1/s1. The van der Waals surface area contributed by atoms with Crippen molar-refractivity contribution in [2.24, 2.45) is 5.73 Å². The van der Waals surface area contributed by atoms with Crippen molar-refractivity contribution in [3.05, 3.63) is 53.1 Å². The predicted molar refractivity (Wildman–Crippen MR) is 131 cm³/mol. The molecule has 0 saturated carbocycles. The summed E-state index contributed by atoms with van der Waals surface area (Å²) in [7, 11) is 0. The van der Waals surface area contributed by atoms with Gasteiger partial charge in [0.1, 0.15) is 18.2 Å². The first-order valence-corrected chi connectivity index (χ1v) is 11.4. The molecule has 1 aromatic heterocycles. The van der Waals surface area contributed by atoms with Gasteiger partial charge in [-0.3, -0.25) is 19.8 Å². The molecule has 0 aliphatic heterocycles. The molecule has 188 valence electrons. The number of carbonyl (C=O) groups excluding carboxylic acids is 2. The minimum absolute atomic E-state index is 0.0343. The Morgan fingerprint density at radius 3 is 2.50 bits per heavy atom. The van der Waals surface area contributed by atoms with Crippen LogP contribution in [0.2, 0.25) is 0 Å². The summed E-state index contributed by atoms with van der Waals surface area (Å²) < 4.78 is 6.50. The molecule has 1 amide bonds. The fourth-order valence-electron chi connectivity index (χ4n) is 3.29. The second-order valence-electron chi connectivity index (χ2n) is 7.79. The van der Waals surface area contributed by atoms with Crippen molar-refractivity contribution >= 4 is 56.1 Å². The molecule has 3 aromatic rings. The largest absolute Gasteiger partial charge is 0.491 e. The van der Waals surface area contributed by atoms with Crippen LogP contribution in [0.3, 0.4) is 0 Å². The molecule has 0 unspecified atom stereocenters. The number of thiazole rings is 1. The summed E-state index contributed by atoms with van der Waals surface area (Å²) in [5.74, 6) is -4.39. The van der Waals surface area contributed by atoms with Gasteiger partial charge in [0.05, 0.1) is 16.3 Å². The monoisotopic (exact) mass is 513 g/mol. The number of benzene rings is 2. The number of hydrogen-bond donors (Lipinski definition) is 6. The minimum atomic E-state index is -1.61. The summed E-state index contributed by atoms with van der Waals surface area (Å²) in [6.45, 7) is -0.190. The molecule has 0 spiro atoms. The number of carboxylic acid groups (broad SMARTS) is 2. The number of ketones is 1. The third kappa shape index (κ3) is 6.76. The van der Waals surface area contributed by atoms with E-state index in [1.165, 1.54) is 29.5 Å². The highest BCUT2D eigenvalue weighted by atomic mass is 32.1. The smallest absolute Gasteiger partial charge is 0.372 e. The number of aliphatic carboxylic acids is 2. The van der Waals surface area contributed by atoms with E-state index in [0.29, 0.717) is 20.9 Å². The Morgan fingerprint density at radius 1 is 1.11 bits per heavy atom. The molecule has 13 heteroatoms. The molecule has 1 heterocycles. The topological polar surface area (TPSA) is 219 Å². The lowest BCUT2D eigenvalue weighted by atomic mass is 10.0. The van der Waals surface area contributed by atoms with E-state index in [2.05, 4.69) is 10.3 Å². The maximum absolute atomic E-state index is 12.9. The SMILES string of the molecule is N=C(N)c1ccc(CC(=O)C(=O)O)c(OC[C@@H](CCC(=O)O)NC(=O)c2ccc3nc(N)sc3c2)c1. The predicted octanol–water partition coefficient (Wildman–Crippen LogP) is 1.40. The number of anilines is 1. The quantitative estimate of drug-likeness (QED) is 0.116. The van der Waals surface area contributed by atoms with E-state index in [1.807, 2.05) is 0 Å². The number of fused-ring (bicyclic) bond motifs is 1. The van der Waals surface area contributed by atoms with Crippen molar-refractivity contribution in [3.8, 4) is 5.75 Å². The van der Waals surface area contributed by atoms with Crippen LogP contribution in [-0.2, 0) is 20.8 Å². The van der Waals surface area contributed by atoms with E-state index in [1.54, 1.807) is 18.2 Å². The number of nitrogens with one attached hydrogen (secondary N) is 2. The maximum atomic E-state index is 12.9. The Bertz CT molecular complexity index is 1350. The molecule has 0 aliphatic carbocycles. The average Bonchev–Trinajstić information content (AvgIpc) is 3.20. The number of nitrogens with two attached hydrogens (primary N) is 2. The first-order chi connectivity index (χ1) is 17.0.